The molecular formula is C20H16N4O4. The standard InChI is InChI=1S/C20H16N4O4/c1-23-19(27)14-8-7-12(11-15(14)20(23)28)21-18(26)16-9-10-17(25)24(22-16)13-5-3-2-4-6-13/h2-8,11H,9-10H2,1H3,(H,21,26). The number of hydrogen-bond donors (Lipinski definition) is 1. The second-order valence-electron chi connectivity index (χ2n) is 6.47. The smallest absolute Gasteiger partial charge is 0.271 e. The normalized spacial score (nSPS) is 16.2. The molecule has 2 aromatic carbocycles. The molecule has 0 aliphatic carbocycles. The van der Waals surface area contributed by atoms with Crippen molar-refractivity contribution in [1.29, 1.82) is 0 Å². The SMILES string of the molecule is CN1C(=O)c2ccc(NC(=O)C3=NN(c4ccccc4)C(=O)CC3)cc2C1=O. The first-order valence-corrected chi connectivity index (χ1v) is 8.69. The van der Waals surface area contributed by atoms with Crippen LogP contribution in [0.4, 0.5) is 11.4 Å². The number of carbonyl (C=O) groups is 4. The summed E-state index contributed by atoms with van der Waals surface area (Å²) in [6.07, 6.45) is 0.391. The fraction of sp³-hybridized carbons (Fsp3) is 0.150. The molecule has 2 aliphatic rings. The van der Waals surface area contributed by atoms with E-state index in [1.54, 1.807) is 30.3 Å². The van der Waals surface area contributed by atoms with Gasteiger partial charge in [0.2, 0.25) is 5.91 Å². The molecule has 0 radical (unpaired) electrons. The minimum atomic E-state index is -0.460. The van der Waals surface area contributed by atoms with Crippen molar-refractivity contribution in [3.63, 3.8) is 0 Å². The summed E-state index contributed by atoms with van der Waals surface area (Å²) in [7, 11) is 1.41. The third kappa shape index (κ3) is 2.94. The number of imide groups is 1. The summed E-state index contributed by atoms with van der Waals surface area (Å²) in [5.41, 5.74) is 1.73. The van der Waals surface area contributed by atoms with Crippen LogP contribution < -0.4 is 10.3 Å². The lowest BCUT2D eigenvalue weighted by Crippen LogP contribution is -2.36. The van der Waals surface area contributed by atoms with E-state index in [4.69, 9.17) is 0 Å². The topological polar surface area (TPSA) is 99.2 Å². The number of carbonyl (C=O) groups excluding carboxylic acids is 4. The van der Waals surface area contributed by atoms with Crippen molar-refractivity contribution >= 4 is 40.7 Å². The molecule has 0 aromatic heterocycles. The molecule has 2 heterocycles. The van der Waals surface area contributed by atoms with E-state index in [1.165, 1.54) is 24.2 Å². The lowest BCUT2D eigenvalue weighted by atomic mass is 10.1. The van der Waals surface area contributed by atoms with Crippen LogP contribution in [-0.4, -0.2) is 41.3 Å². The molecule has 2 aromatic rings. The van der Waals surface area contributed by atoms with Gasteiger partial charge < -0.3 is 5.32 Å². The molecule has 4 amide bonds. The van der Waals surface area contributed by atoms with Crippen molar-refractivity contribution in [2.24, 2.45) is 5.10 Å². The number of amides is 4. The predicted molar refractivity (Wildman–Crippen MR) is 102 cm³/mol. The Morgan fingerprint density at radius 1 is 0.964 bits per heavy atom. The average Bonchev–Trinajstić information content (AvgIpc) is 2.93. The van der Waals surface area contributed by atoms with Gasteiger partial charge in [-0.05, 0) is 30.3 Å². The van der Waals surface area contributed by atoms with Crippen molar-refractivity contribution in [1.82, 2.24) is 4.90 Å². The highest BCUT2D eigenvalue weighted by molar-refractivity contribution is 6.44. The number of fused-ring (bicyclic) bond motifs is 1. The third-order valence-corrected chi connectivity index (χ3v) is 4.64. The van der Waals surface area contributed by atoms with E-state index in [0.29, 0.717) is 16.9 Å². The van der Waals surface area contributed by atoms with E-state index in [2.05, 4.69) is 10.4 Å². The Bertz CT molecular complexity index is 1050. The Labute approximate surface area is 160 Å². The van der Waals surface area contributed by atoms with Crippen LogP contribution >= 0.6 is 0 Å². The van der Waals surface area contributed by atoms with Crippen LogP contribution in [-0.2, 0) is 9.59 Å². The van der Waals surface area contributed by atoms with Crippen LogP contribution in [0.3, 0.4) is 0 Å². The summed E-state index contributed by atoms with van der Waals surface area (Å²) in [5, 5.41) is 8.11. The van der Waals surface area contributed by atoms with Crippen molar-refractivity contribution < 1.29 is 19.2 Å². The van der Waals surface area contributed by atoms with Gasteiger partial charge in [-0.15, -0.1) is 0 Å². The van der Waals surface area contributed by atoms with Crippen molar-refractivity contribution in [3.8, 4) is 0 Å². The Balaban J connectivity index is 1.57. The molecule has 0 saturated heterocycles. The monoisotopic (exact) mass is 376 g/mol. The number of rotatable bonds is 3. The summed E-state index contributed by atoms with van der Waals surface area (Å²) in [6.45, 7) is 0. The minimum Gasteiger partial charge on any atom is -0.321 e. The van der Waals surface area contributed by atoms with Crippen LogP contribution in [0.5, 0.6) is 0 Å². The highest BCUT2D eigenvalue weighted by atomic mass is 16.2. The summed E-state index contributed by atoms with van der Waals surface area (Å²) >= 11 is 0. The van der Waals surface area contributed by atoms with Crippen LogP contribution in [0.25, 0.3) is 0 Å². The van der Waals surface area contributed by atoms with Crippen LogP contribution in [0.2, 0.25) is 0 Å². The second-order valence-corrected chi connectivity index (χ2v) is 6.47. The Morgan fingerprint density at radius 3 is 2.43 bits per heavy atom. The maximum atomic E-state index is 12.6. The minimum absolute atomic E-state index is 0.170. The number of nitrogens with zero attached hydrogens (tertiary/aromatic N) is 3. The molecule has 0 atom stereocenters. The molecule has 0 bridgehead atoms. The second kappa shape index (κ2) is 6.73. The number of hydrogen-bond acceptors (Lipinski definition) is 5. The molecule has 28 heavy (non-hydrogen) atoms. The largest absolute Gasteiger partial charge is 0.321 e. The van der Waals surface area contributed by atoms with Crippen molar-refractivity contribution in [2.45, 2.75) is 12.8 Å². The first-order valence-electron chi connectivity index (χ1n) is 8.69. The predicted octanol–water partition coefficient (Wildman–Crippen LogP) is 2.03. The Hall–Kier alpha value is -3.81. The quantitative estimate of drug-likeness (QED) is 0.829. The molecule has 8 nitrogen and oxygen atoms in total. The number of hydrazone groups is 1. The fourth-order valence-corrected chi connectivity index (χ4v) is 3.13. The molecule has 8 heteroatoms. The number of para-hydroxylation sites is 1. The van der Waals surface area contributed by atoms with E-state index in [9.17, 15) is 19.2 Å². The van der Waals surface area contributed by atoms with Gasteiger partial charge >= 0.3 is 0 Å². The van der Waals surface area contributed by atoms with E-state index >= 15 is 0 Å². The van der Waals surface area contributed by atoms with E-state index < -0.39 is 11.8 Å². The molecule has 4 rings (SSSR count). The van der Waals surface area contributed by atoms with Gasteiger partial charge in [-0.25, -0.2) is 5.01 Å². The van der Waals surface area contributed by atoms with Gasteiger partial charge in [0, 0.05) is 25.6 Å². The van der Waals surface area contributed by atoms with Crippen molar-refractivity contribution in [2.75, 3.05) is 17.4 Å². The van der Waals surface area contributed by atoms with Gasteiger partial charge in [0.1, 0.15) is 5.71 Å². The van der Waals surface area contributed by atoms with Crippen molar-refractivity contribution in [3.05, 3.63) is 59.7 Å². The Kier molecular flexibility index (Phi) is 4.23. The number of benzene rings is 2. The summed E-state index contributed by atoms with van der Waals surface area (Å²) < 4.78 is 0. The first kappa shape index (κ1) is 17.6. The van der Waals surface area contributed by atoms with Gasteiger partial charge in [0.15, 0.2) is 0 Å². The fourth-order valence-electron chi connectivity index (χ4n) is 3.13. The van der Waals surface area contributed by atoms with Crippen LogP contribution in [0.1, 0.15) is 33.6 Å². The first-order chi connectivity index (χ1) is 13.5. The zero-order valence-electron chi connectivity index (χ0n) is 15.0. The zero-order chi connectivity index (χ0) is 19.8. The molecule has 0 fully saturated rings. The van der Waals surface area contributed by atoms with Crippen LogP contribution in [0, 0.1) is 0 Å². The van der Waals surface area contributed by atoms with E-state index in [0.717, 1.165) is 4.90 Å². The summed E-state index contributed by atoms with van der Waals surface area (Å²) in [6, 6.07) is 13.4. The molecule has 0 saturated carbocycles. The lowest BCUT2D eigenvalue weighted by Gasteiger charge is -2.23. The molecule has 140 valence electrons. The highest BCUT2D eigenvalue weighted by Gasteiger charge is 2.33. The zero-order valence-corrected chi connectivity index (χ0v) is 15.0. The van der Waals surface area contributed by atoms with Gasteiger partial charge in [-0.1, -0.05) is 18.2 Å². The lowest BCUT2D eigenvalue weighted by molar-refractivity contribution is -0.118. The molecule has 1 N–H and O–H groups in total. The van der Waals surface area contributed by atoms with Gasteiger partial charge in [-0.3, -0.25) is 24.1 Å². The van der Waals surface area contributed by atoms with E-state index in [-0.39, 0.29) is 35.9 Å². The average molecular weight is 376 g/mol. The summed E-state index contributed by atoms with van der Waals surface area (Å²) in [4.78, 5) is 49.9. The van der Waals surface area contributed by atoms with Gasteiger partial charge in [0.25, 0.3) is 17.7 Å². The number of nitrogens with one attached hydrogen (secondary N) is 1. The maximum Gasteiger partial charge on any atom is 0.271 e. The van der Waals surface area contributed by atoms with Gasteiger partial charge in [-0.2, -0.15) is 5.10 Å². The molecular weight excluding hydrogens is 360 g/mol. The highest BCUT2D eigenvalue weighted by Crippen LogP contribution is 2.25. The van der Waals surface area contributed by atoms with E-state index in [1.807, 2.05) is 6.07 Å². The summed E-state index contributed by atoms with van der Waals surface area (Å²) in [5.74, 6) is -1.43. The molecule has 0 unspecified atom stereocenters. The molecule has 2 aliphatic heterocycles. The third-order valence-electron chi connectivity index (χ3n) is 4.64. The Morgan fingerprint density at radius 2 is 1.68 bits per heavy atom. The van der Waals surface area contributed by atoms with Gasteiger partial charge in [0.05, 0.1) is 16.8 Å². The molecule has 0 spiro atoms. The van der Waals surface area contributed by atoms with Crippen LogP contribution in [0.15, 0.2) is 53.6 Å². The maximum absolute atomic E-state index is 12.6. The number of anilines is 2.